The van der Waals surface area contributed by atoms with E-state index in [2.05, 4.69) is 10.6 Å². The van der Waals surface area contributed by atoms with Gasteiger partial charge in [0.2, 0.25) is 5.91 Å². The first-order valence-electron chi connectivity index (χ1n) is 8.26. The van der Waals surface area contributed by atoms with Gasteiger partial charge in [-0.1, -0.05) is 38.1 Å². The Morgan fingerprint density at radius 3 is 2.54 bits per heavy atom. The van der Waals surface area contributed by atoms with Crippen molar-refractivity contribution in [2.24, 2.45) is 5.92 Å². The van der Waals surface area contributed by atoms with Gasteiger partial charge in [0.1, 0.15) is 12.6 Å². The second-order valence-corrected chi connectivity index (χ2v) is 6.70. The first-order valence-corrected chi connectivity index (χ1v) is 8.26. The second-order valence-electron chi connectivity index (χ2n) is 6.70. The van der Waals surface area contributed by atoms with Gasteiger partial charge in [-0.05, 0) is 37.3 Å². The van der Waals surface area contributed by atoms with Crippen LogP contribution in [0.25, 0.3) is 0 Å². The molecule has 1 aliphatic rings. The van der Waals surface area contributed by atoms with Gasteiger partial charge in [-0.25, -0.2) is 4.79 Å². The van der Waals surface area contributed by atoms with Gasteiger partial charge in [-0.3, -0.25) is 14.5 Å². The first-order chi connectivity index (χ1) is 11.3. The van der Waals surface area contributed by atoms with E-state index in [1.165, 1.54) is 0 Å². The summed E-state index contributed by atoms with van der Waals surface area (Å²) in [6.07, 6.45) is 0.572. The van der Waals surface area contributed by atoms with Gasteiger partial charge in [-0.15, -0.1) is 0 Å². The molecule has 0 saturated carbocycles. The molecule has 2 rings (SSSR count). The Labute approximate surface area is 142 Å². The topological polar surface area (TPSA) is 78.5 Å². The summed E-state index contributed by atoms with van der Waals surface area (Å²) in [5.74, 6) is -0.388. The molecule has 1 heterocycles. The van der Waals surface area contributed by atoms with Crippen LogP contribution in [0.4, 0.5) is 4.79 Å². The summed E-state index contributed by atoms with van der Waals surface area (Å²) >= 11 is 0. The number of carbonyl (C=O) groups excluding carboxylic acids is 3. The van der Waals surface area contributed by atoms with Gasteiger partial charge >= 0.3 is 6.03 Å². The summed E-state index contributed by atoms with van der Waals surface area (Å²) in [5, 5.41) is 5.49. The average molecular weight is 331 g/mol. The molecule has 1 fully saturated rings. The highest BCUT2D eigenvalue weighted by molar-refractivity contribution is 6.06. The Kier molecular flexibility index (Phi) is 5.59. The van der Waals surface area contributed by atoms with Crippen LogP contribution in [0.1, 0.15) is 44.4 Å². The van der Waals surface area contributed by atoms with Crippen molar-refractivity contribution in [1.82, 2.24) is 15.5 Å². The van der Waals surface area contributed by atoms with Gasteiger partial charge in [-0.2, -0.15) is 0 Å². The van der Waals surface area contributed by atoms with Gasteiger partial charge < -0.3 is 10.6 Å². The van der Waals surface area contributed by atoms with Crippen molar-refractivity contribution in [3.05, 3.63) is 35.4 Å². The van der Waals surface area contributed by atoms with Crippen molar-refractivity contribution in [2.45, 2.75) is 46.2 Å². The van der Waals surface area contributed by atoms with E-state index in [4.69, 9.17) is 0 Å². The zero-order valence-electron chi connectivity index (χ0n) is 14.6. The number of imide groups is 1. The molecule has 24 heavy (non-hydrogen) atoms. The lowest BCUT2D eigenvalue weighted by Crippen LogP contribution is -2.42. The van der Waals surface area contributed by atoms with Crippen LogP contribution >= 0.6 is 0 Å². The van der Waals surface area contributed by atoms with Gasteiger partial charge in [0.25, 0.3) is 5.91 Å². The Morgan fingerprint density at radius 1 is 1.25 bits per heavy atom. The fraction of sp³-hybridized carbons (Fsp3) is 0.500. The number of nitrogens with zero attached hydrogens (tertiary/aromatic N) is 1. The standard InChI is InChI=1S/C18H25N3O3/c1-11(2)9-15-17(23)21(18(24)20-15)10-16(22)19-13(4)14-8-6-5-7-12(14)3/h5-8,11,13,15H,9-10H2,1-4H3,(H,19,22)(H,20,24)/t13-,15-/m0/s1. The molecule has 0 aromatic heterocycles. The number of benzene rings is 1. The van der Waals surface area contributed by atoms with E-state index in [1.807, 2.05) is 52.0 Å². The zero-order valence-corrected chi connectivity index (χ0v) is 14.6. The zero-order chi connectivity index (χ0) is 17.9. The Balaban J connectivity index is 1.96. The normalized spacial score (nSPS) is 18.7. The molecule has 0 aliphatic carbocycles. The van der Waals surface area contributed by atoms with Crippen LogP contribution in [0.15, 0.2) is 24.3 Å². The molecule has 0 radical (unpaired) electrons. The Hall–Kier alpha value is -2.37. The van der Waals surface area contributed by atoms with Gasteiger partial charge in [0.15, 0.2) is 0 Å². The van der Waals surface area contributed by atoms with Crippen molar-refractivity contribution in [1.29, 1.82) is 0 Å². The minimum Gasteiger partial charge on any atom is -0.348 e. The molecule has 2 atom stereocenters. The fourth-order valence-corrected chi connectivity index (χ4v) is 2.94. The Morgan fingerprint density at radius 2 is 1.92 bits per heavy atom. The van der Waals surface area contributed by atoms with Crippen molar-refractivity contribution in [3.63, 3.8) is 0 Å². The number of rotatable bonds is 6. The average Bonchev–Trinajstić information content (AvgIpc) is 2.74. The minimum atomic E-state index is -0.529. The monoisotopic (exact) mass is 331 g/mol. The van der Waals surface area contributed by atoms with Crippen molar-refractivity contribution < 1.29 is 14.4 Å². The highest BCUT2D eigenvalue weighted by Crippen LogP contribution is 2.17. The molecule has 6 nitrogen and oxygen atoms in total. The molecule has 0 unspecified atom stereocenters. The third-order valence-electron chi connectivity index (χ3n) is 4.15. The third kappa shape index (κ3) is 4.13. The molecule has 1 aliphatic heterocycles. The number of urea groups is 1. The summed E-state index contributed by atoms with van der Waals surface area (Å²) < 4.78 is 0. The molecule has 1 aromatic rings. The molecule has 4 amide bonds. The number of carbonyl (C=O) groups is 3. The van der Waals surface area contributed by atoms with Crippen molar-refractivity contribution >= 4 is 17.8 Å². The van der Waals surface area contributed by atoms with Crippen molar-refractivity contribution in [3.8, 4) is 0 Å². The predicted molar refractivity (Wildman–Crippen MR) is 91.2 cm³/mol. The largest absolute Gasteiger partial charge is 0.348 e. The molecular formula is C18H25N3O3. The van der Waals surface area contributed by atoms with Crippen LogP contribution < -0.4 is 10.6 Å². The van der Waals surface area contributed by atoms with E-state index >= 15 is 0 Å². The van der Waals surface area contributed by atoms with E-state index in [1.54, 1.807) is 0 Å². The van der Waals surface area contributed by atoms with Gasteiger partial charge in [0, 0.05) is 0 Å². The Bertz CT molecular complexity index is 642. The van der Waals surface area contributed by atoms with E-state index in [0.29, 0.717) is 6.42 Å². The fourth-order valence-electron chi connectivity index (χ4n) is 2.94. The van der Waals surface area contributed by atoms with E-state index in [9.17, 15) is 14.4 Å². The van der Waals surface area contributed by atoms with Crippen LogP contribution in [-0.2, 0) is 9.59 Å². The summed E-state index contributed by atoms with van der Waals surface area (Å²) in [7, 11) is 0. The van der Waals surface area contributed by atoms with E-state index in [-0.39, 0.29) is 30.3 Å². The molecular weight excluding hydrogens is 306 g/mol. The smallest absolute Gasteiger partial charge is 0.325 e. The summed E-state index contributed by atoms with van der Waals surface area (Å²) in [4.78, 5) is 37.4. The maximum absolute atomic E-state index is 12.3. The first kappa shape index (κ1) is 18.0. The summed E-state index contributed by atoms with van der Waals surface area (Å²) in [6.45, 7) is 7.58. The maximum atomic E-state index is 12.3. The van der Waals surface area contributed by atoms with Crippen LogP contribution in [0.5, 0.6) is 0 Å². The van der Waals surface area contributed by atoms with Crippen LogP contribution in [0, 0.1) is 12.8 Å². The highest BCUT2D eigenvalue weighted by Gasteiger charge is 2.39. The quantitative estimate of drug-likeness (QED) is 0.784. The molecule has 0 bridgehead atoms. The number of amides is 4. The van der Waals surface area contributed by atoms with Gasteiger partial charge in [0.05, 0.1) is 6.04 Å². The van der Waals surface area contributed by atoms with E-state index < -0.39 is 12.1 Å². The number of hydrogen-bond acceptors (Lipinski definition) is 3. The SMILES string of the molecule is Cc1ccccc1[C@H](C)NC(=O)CN1C(=O)N[C@@H](CC(C)C)C1=O. The lowest BCUT2D eigenvalue weighted by Gasteiger charge is -2.19. The third-order valence-corrected chi connectivity index (χ3v) is 4.15. The minimum absolute atomic E-state index is 0.189. The second kappa shape index (κ2) is 7.47. The lowest BCUT2D eigenvalue weighted by molar-refractivity contribution is -0.132. The number of aryl methyl sites for hydroxylation is 1. The number of hydrogen-bond donors (Lipinski definition) is 2. The lowest BCUT2D eigenvalue weighted by atomic mass is 10.0. The molecule has 6 heteroatoms. The molecule has 130 valence electrons. The maximum Gasteiger partial charge on any atom is 0.325 e. The predicted octanol–water partition coefficient (Wildman–Crippen LogP) is 2.14. The summed E-state index contributed by atoms with van der Waals surface area (Å²) in [5.41, 5.74) is 2.10. The molecule has 1 aromatic carbocycles. The van der Waals surface area contributed by atoms with Crippen molar-refractivity contribution in [2.75, 3.05) is 6.54 Å². The van der Waals surface area contributed by atoms with Crippen LogP contribution in [-0.4, -0.2) is 35.3 Å². The number of nitrogens with one attached hydrogen (secondary N) is 2. The molecule has 0 spiro atoms. The molecule has 1 saturated heterocycles. The van der Waals surface area contributed by atoms with Crippen LogP contribution in [0.2, 0.25) is 0 Å². The summed E-state index contributed by atoms with van der Waals surface area (Å²) in [6, 6.07) is 6.57. The van der Waals surface area contributed by atoms with Crippen LogP contribution in [0.3, 0.4) is 0 Å². The highest BCUT2D eigenvalue weighted by atomic mass is 16.2. The van der Waals surface area contributed by atoms with E-state index in [0.717, 1.165) is 16.0 Å². The molecule has 2 N–H and O–H groups in total.